The van der Waals surface area contributed by atoms with Crippen LogP contribution in [0.2, 0.25) is 0 Å². The Morgan fingerprint density at radius 2 is 1.72 bits per heavy atom. The van der Waals surface area contributed by atoms with E-state index in [1.165, 1.54) is 58.0 Å². The minimum absolute atomic E-state index is 0.357. The second kappa shape index (κ2) is 5.92. The highest BCUT2D eigenvalue weighted by atomic mass is 15.1. The van der Waals surface area contributed by atoms with E-state index >= 15 is 0 Å². The van der Waals surface area contributed by atoms with Crippen LogP contribution in [0.1, 0.15) is 58.8 Å². The lowest BCUT2D eigenvalue weighted by atomic mass is 9.85. The Balaban J connectivity index is 1.75. The summed E-state index contributed by atoms with van der Waals surface area (Å²) in [4.78, 5) is 2.56. The van der Waals surface area contributed by atoms with Crippen LogP contribution in [-0.4, -0.2) is 31.1 Å². The number of nitrogens with zero attached hydrogens (tertiary/aromatic N) is 1. The van der Waals surface area contributed by atoms with E-state index in [1.807, 2.05) is 0 Å². The molecule has 0 aromatic rings. The van der Waals surface area contributed by atoms with Crippen LogP contribution in [0.3, 0.4) is 0 Å². The predicted molar refractivity (Wildman–Crippen MR) is 78.6 cm³/mol. The molecule has 2 aliphatic rings. The van der Waals surface area contributed by atoms with Crippen LogP contribution in [0.5, 0.6) is 0 Å². The molecule has 0 amide bonds. The highest BCUT2D eigenvalue weighted by Gasteiger charge is 2.39. The van der Waals surface area contributed by atoms with Gasteiger partial charge in [-0.25, -0.2) is 0 Å². The molecule has 2 unspecified atom stereocenters. The summed E-state index contributed by atoms with van der Waals surface area (Å²) in [5, 5.41) is 0. The molecule has 0 saturated heterocycles. The maximum Gasteiger partial charge on any atom is 0.0131 e. The van der Waals surface area contributed by atoms with Gasteiger partial charge in [0.05, 0.1) is 0 Å². The first-order valence-corrected chi connectivity index (χ1v) is 7.93. The maximum absolute atomic E-state index is 6.41. The number of rotatable bonds is 4. The predicted octanol–water partition coefficient (Wildman–Crippen LogP) is 3.26. The molecule has 2 atom stereocenters. The van der Waals surface area contributed by atoms with Crippen LogP contribution in [-0.2, 0) is 0 Å². The van der Waals surface area contributed by atoms with E-state index in [1.54, 1.807) is 0 Å². The zero-order valence-corrected chi connectivity index (χ0v) is 12.6. The van der Waals surface area contributed by atoms with Gasteiger partial charge in [0, 0.05) is 19.1 Å². The lowest BCUT2D eigenvalue weighted by molar-refractivity contribution is 0.191. The van der Waals surface area contributed by atoms with Crippen molar-refractivity contribution < 1.29 is 0 Å². The fourth-order valence-electron chi connectivity index (χ4n) is 4.03. The van der Waals surface area contributed by atoms with Crippen molar-refractivity contribution in [1.82, 2.24) is 4.90 Å². The van der Waals surface area contributed by atoms with Gasteiger partial charge in [-0.2, -0.15) is 0 Å². The minimum atomic E-state index is 0.357. The van der Waals surface area contributed by atoms with Gasteiger partial charge in [0.2, 0.25) is 0 Å². The van der Waals surface area contributed by atoms with Gasteiger partial charge >= 0.3 is 0 Å². The van der Waals surface area contributed by atoms with Crippen LogP contribution in [0.25, 0.3) is 0 Å². The summed E-state index contributed by atoms with van der Waals surface area (Å²) >= 11 is 0. The molecule has 106 valence electrons. The third-order valence-corrected chi connectivity index (χ3v) is 5.41. The van der Waals surface area contributed by atoms with Crippen LogP contribution < -0.4 is 5.73 Å². The quantitative estimate of drug-likeness (QED) is 0.832. The Morgan fingerprint density at radius 1 is 1.06 bits per heavy atom. The van der Waals surface area contributed by atoms with Gasteiger partial charge in [0.15, 0.2) is 0 Å². The van der Waals surface area contributed by atoms with Crippen LogP contribution in [0.15, 0.2) is 0 Å². The first-order chi connectivity index (χ1) is 8.49. The molecule has 0 aliphatic heterocycles. The summed E-state index contributed by atoms with van der Waals surface area (Å²) in [6.07, 6.45) is 9.89. The lowest BCUT2D eigenvalue weighted by Gasteiger charge is -2.32. The number of hydrogen-bond acceptors (Lipinski definition) is 2. The standard InChI is InChI=1S/C16H32N2/c1-16(2)10-9-14(15(16)17)12-18(3)11-13-7-5-4-6-8-13/h13-15H,4-12,17H2,1-3H3. The highest BCUT2D eigenvalue weighted by molar-refractivity contribution is 4.95. The molecule has 0 heterocycles. The van der Waals surface area contributed by atoms with E-state index in [4.69, 9.17) is 5.73 Å². The highest BCUT2D eigenvalue weighted by Crippen LogP contribution is 2.40. The van der Waals surface area contributed by atoms with E-state index in [-0.39, 0.29) is 0 Å². The largest absolute Gasteiger partial charge is 0.327 e. The Kier molecular flexibility index (Phi) is 4.71. The normalized spacial score (nSPS) is 33.2. The van der Waals surface area contributed by atoms with Gasteiger partial charge < -0.3 is 10.6 Å². The monoisotopic (exact) mass is 252 g/mol. The van der Waals surface area contributed by atoms with E-state index in [0.717, 1.165) is 5.92 Å². The first kappa shape index (κ1) is 14.3. The van der Waals surface area contributed by atoms with Crippen molar-refractivity contribution in [2.24, 2.45) is 23.0 Å². The molecule has 0 aromatic carbocycles. The summed E-state index contributed by atoms with van der Waals surface area (Å²) in [6, 6.07) is 0.395. The summed E-state index contributed by atoms with van der Waals surface area (Å²) in [5.41, 5.74) is 6.77. The second-order valence-corrected chi connectivity index (χ2v) is 7.54. The van der Waals surface area contributed by atoms with Crippen molar-refractivity contribution in [3.8, 4) is 0 Å². The van der Waals surface area contributed by atoms with Crippen LogP contribution in [0, 0.1) is 17.3 Å². The average molecular weight is 252 g/mol. The van der Waals surface area contributed by atoms with Crippen molar-refractivity contribution >= 4 is 0 Å². The van der Waals surface area contributed by atoms with E-state index in [0.29, 0.717) is 17.4 Å². The van der Waals surface area contributed by atoms with Gasteiger partial charge in [0.25, 0.3) is 0 Å². The van der Waals surface area contributed by atoms with Crippen LogP contribution in [0.4, 0.5) is 0 Å². The molecule has 0 spiro atoms. The molecule has 0 aromatic heterocycles. The molecule has 2 heteroatoms. The zero-order chi connectivity index (χ0) is 13.2. The minimum Gasteiger partial charge on any atom is -0.327 e. The van der Waals surface area contributed by atoms with Crippen molar-refractivity contribution in [3.05, 3.63) is 0 Å². The molecule has 2 N–H and O–H groups in total. The lowest BCUT2D eigenvalue weighted by Crippen LogP contribution is -2.42. The third-order valence-electron chi connectivity index (χ3n) is 5.41. The molecule has 0 bridgehead atoms. The van der Waals surface area contributed by atoms with E-state index in [9.17, 15) is 0 Å². The van der Waals surface area contributed by atoms with Crippen molar-refractivity contribution in [2.75, 3.05) is 20.1 Å². The molecule has 2 fully saturated rings. The first-order valence-electron chi connectivity index (χ1n) is 7.93. The fourth-order valence-corrected chi connectivity index (χ4v) is 4.03. The van der Waals surface area contributed by atoms with Crippen LogP contribution >= 0.6 is 0 Å². The summed E-state index contributed by atoms with van der Waals surface area (Å²) in [5.74, 6) is 1.67. The van der Waals surface area contributed by atoms with Gasteiger partial charge in [0.1, 0.15) is 0 Å². The average Bonchev–Trinajstić information content (AvgIpc) is 2.57. The third kappa shape index (κ3) is 3.48. The Hall–Kier alpha value is -0.0800. The van der Waals surface area contributed by atoms with Crippen molar-refractivity contribution in [3.63, 3.8) is 0 Å². The number of hydrogen-bond donors (Lipinski definition) is 1. The molecule has 2 saturated carbocycles. The fraction of sp³-hybridized carbons (Fsp3) is 1.00. The van der Waals surface area contributed by atoms with E-state index < -0.39 is 0 Å². The molecule has 0 radical (unpaired) electrons. The summed E-state index contributed by atoms with van der Waals surface area (Å²) in [7, 11) is 2.30. The number of nitrogens with two attached hydrogens (primary N) is 1. The summed E-state index contributed by atoms with van der Waals surface area (Å²) in [6.45, 7) is 7.17. The topological polar surface area (TPSA) is 29.3 Å². The van der Waals surface area contributed by atoms with E-state index in [2.05, 4.69) is 25.8 Å². The molecular weight excluding hydrogens is 220 g/mol. The Morgan fingerprint density at radius 3 is 2.28 bits per heavy atom. The molecular formula is C16H32N2. The zero-order valence-electron chi connectivity index (χ0n) is 12.6. The van der Waals surface area contributed by atoms with Gasteiger partial charge in [-0.1, -0.05) is 33.1 Å². The maximum atomic E-state index is 6.41. The SMILES string of the molecule is CN(CC1CCCCC1)CC1CCC(C)(C)C1N. The Bertz CT molecular complexity index is 256. The van der Waals surface area contributed by atoms with Crippen molar-refractivity contribution in [1.29, 1.82) is 0 Å². The Labute approximate surface area is 113 Å². The molecule has 18 heavy (non-hydrogen) atoms. The summed E-state index contributed by atoms with van der Waals surface area (Å²) < 4.78 is 0. The second-order valence-electron chi connectivity index (χ2n) is 7.54. The van der Waals surface area contributed by atoms with Gasteiger partial charge in [-0.05, 0) is 50.0 Å². The molecule has 2 aliphatic carbocycles. The van der Waals surface area contributed by atoms with Gasteiger partial charge in [-0.3, -0.25) is 0 Å². The van der Waals surface area contributed by atoms with Crippen molar-refractivity contribution in [2.45, 2.75) is 64.8 Å². The molecule has 2 nitrogen and oxygen atoms in total. The van der Waals surface area contributed by atoms with Gasteiger partial charge in [-0.15, -0.1) is 0 Å². The smallest absolute Gasteiger partial charge is 0.0131 e. The molecule has 2 rings (SSSR count).